The number of nitrogens with zero attached hydrogens (tertiary/aromatic N) is 2. The van der Waals surface area contributed by atoms with Crippen molar-refractivity contribution in [3.05, 3.63) is 48.3 Å². The molecule has 0 aliphatic heterocycles. The Balaban J connectivity index is 2.00. The number of benzene rings is 1. The number of nitrogens with one attached hydrogen (secondary N) is 1. The highest BCUT2D eigenvalue weighted by atomic mass is 16.2. The van der Waals surface area contributed by atoms with Gasteiger partial charge in [-0.05, 0) is 24.6 Å². The van der Waals surface area contributed by atoms with E-state index in [1.807, 2.05) is 30.3 Å². The smallest absolute Gasteiger partial charge is 0.239 e. The van der Waals surface area contributed by atoms with Gasteiger partial charge in [0, 0.05) is 6.20 Å². The SMILES string of the molecule is CC(NC(=O)Cc1cnn(-c2ccccc2)c1)C(N)=O. The first kappa shape index (κ1) is 13.8. The van der Waals surface area contributed by atoms with Crippen molar-refractivity contribution >= 4 is 11.8 Å². The van der Waals surface area contributed by atoms with E-state index in [1.165, 1.54) is 0 Å². The Morgan fingerprint density at radius 2 is 2.05 bits per heavy atom. The number of nitrogens with two attached hydrogens (primary N) is 1. The van der Waals surface area contributed by atoms with E-state index < -0.39 is 11.9 Å². The van der Waals surface area contributed by atoms with Crippen LogP contribution < -0.4 is 11.1 Å². The molecule has 0 radical (unpaired) electrons. The third-order valence-corrected chi connectivity index (χ3v) is 2.83. The topological polar surface area (TPSA) is 90.0 Å². The molecule has 0 bridgehead atoms. The van der Waals surface area contributed by atoms with Gasteiger partial charge < -0.3 is 11.1 Å². The van der Waals surface area contributed by atoms with Crippen molar-refractivity contribution in [1.82, 2.24) is 15.1 Å². The highest BCUT2D eigenvalue weighted by Crippen LogP contribution is 2.08. The zero-order valence-corrected chi connectivity index (χ0v) is 11.1. The molecule has 0 saturated heterocycles. The average molecular weight is 272 g/mol. The second-order valence-corrected chi connectivity index (χ2v) is 4.50. The molecule has 2 aromatic rings. The molecule has 2 amide bonds. The Morgan fingerprint density at radius 1 is 1.35 bits per heavy atom. The van der Waals surface area contributed by atoms with Crippen LogP contribution in [-0.2, 0) is 16.0 Å². The van der Waals surface area contributed by atoms with Crippen LogP contribution in [0, 0.1) is 0 Å². The number of carbonyl (C=O) groups excluding carboxylic acids is 2. The van der Waals surface area contributed by atoms with Gasteiger partial charge in [-0.2, -0.15) is 5.10 Å². The molecule has 0 fully saturated rings. The minimum Gasteiger partial charge on any atom is -0.368 e. The molecule has 6 nitrogen and oxygen atoms in total. The molecule has 1 aromatic carbocycles. The summed E-state index contributed by atoms with van der Waals surface area (Å²) in [6.07, 6.45) is 3.57. The summed E-state index contributed by atoms with van der Waals surface area (Å²) in [6.45, 7) is 1.55. The predicted octanol–water partition coefficient (Wildman–Crippen LogP) is 0.405. The lowest BCUT2D eigenvalue weighted by Crippen LogP contribution is -2.42. The van der Waals surface area contributed by atoms with Crippen LogP contribution in [0.2, 0.25) is 0 Å². The van der Waals surface area contributed by atoms with E-state index >= 15 is 0 Å². The van der Waals surface area contributed by atoms with Gasteiger partial charge in [-0.3, -0.25) is 9.59 Å². The summed E-state index contributed by atoms with van der Waals surface area (Å²) in [5.41, 5.74) is 6.78. The summed E-state index contributed by atoms with van der Waals surface area (Å²) in [7, 11) is 0. The van der Waals surface area contributed by atoms with Crippen molar-refractivity contribution in [2.24, 2.45) is 5.73 Å². The maximum atomic E-state index is 11.7. The molecule has 1 heterocycles. The summed E-state index contributed by atoms with van der Waals surface area (Å²) in [5.74, 6) is -0.817. The second kappa shape index (κ2) is 6.01. The Labute approximate surface area is 116 Å². The number of amides is 2. The monoisotopic (exact) mass is 272 g/mol. The Morgan fingerprint density at radius 3 is 2.70 bits per heavy atom. The molecule has 1 aromatic heterocycles. The second-order valence-electron chi connectivity index (χ2n) is 4.50. The van der Waals surface area contributed by atoms with Crippen LogP contribution in [0.15, 0.2) is 42.7 Å². The lowest BCUT2D eigenvalue weighted by Gasteiger charge is -2.08. The van der Waals surface area contributed by atoms with E-state index in [0.717, 1.165) is 11.3 Å². The number of hydrogen-bond donors (Lipinski definition) is 2. The molecule has 1 atom stereocenters. The van der Waals surface area contributed by atoms with Crippen LogP contribution in [0.5, 0.6) is 0 Å². The summed E-state index contributed by atoms with van der Waals surface area (Å²) in [5, 5.41) is 6.73. The fraction of sp³-hybridized carbons (Fsp3) is 0.214. The predicted molar refractivity (Wildman–Crippen MR) is 74.1 cm³/mol. The number of hydrogen-bond acceptors (Lipinski definition) is 3. The van der Waals surface area contributed by atoms with E-state index in [9.17, 15) is 9.59 Å². The third kappa shape index (κ3) is 3.44. The van der Waals surface area contributed by atoms with Gasteiger partial charge in [-0.15, -0.1) is 0 Å². The van der Waals surface area contributed by atoms with Crippen molar-refractivity contribution in [1.29, 1.82) is 0 Å². The first-order valence-electron chi connectivity index (χ1n) is 6.24. The maximum Gasteiger partial charge on any atom is 0.239 e. The number of rotatable bonds is 5. The quantitative estimate of drug-likeness (QED) is 0.825. The number of primary amides is 1. The standard InChI is InChI=1S/C14H16N4O2/c1-10(14(15)20)17-13(19)7-11-8-16-18(9-11)12-5-3-2-4-6-12/h2-6,8-10H,7H2,1H3,(H2,15,20)(H,17,19). The molecule has 2 rings (SSSR count). The van der Waals surface area contributed by atoms with Gasteiger partial charge in [0.25, 0.3) is 0 Å². The highest BCUT2D eigenvalue weighted by Gasteiger charge is 2.13. The van der Waals surface area contributed by atoms with Gasteiger partial charge in [-0.25, -0.2) is 4.68 Å². The van der Waals surface area contributed by atoms with Crippen LogP contribution in [0.1, 0.15) is 12.5 Å². The Hall–Kier alpha value is -2.63. The van der Waals surface area contributed by atoms with E-state index in [-0.39, 0.29) is 12.3 Å². The van der Waals surface area contributed by atoms with E-state index in [2.05, 4.69) is 10.4 Å². The largest absolute Gasteiger partial charge is 0.368 e. The Bertz CT molecular complexity index is 607. The lowest BCUT2D eigenvalue weighted by molar-refractivity contribution is -0.126. The van der Waals surface area contributed by atoms with Crippen LogP contribution in [0.25, 0.3) is 5.69 Å². The minimum absolute atomic E-state index is 0.157. The maximum absolute atomic E-state index is 11.7. The fourth-order valence-corrected chi connectivity index (χ4v) is 1.72. The number of para-hydroxylation sites is 1. The normalized spacial score (nSPS) is 11.8. The molecule has 1 unspecified atom stereocenters. The van der Waals surface area contributed by atoms with Gasteiger partial charge in [0.1, 0.15) is 6.04 Å². The molecule has 3 N–H and O–H groups in total. The molecular formula is C14H16N4O2. The summed E-state index contributed by atoms with van der Waals surface area (Å²) in [6, 6.07) is 8.92. The van der Waals surface area contributed by atoms with Crippen molar-refractivity contribution in [2.45, 2.75) is 19.4 Å². The van der Waals surface area contributed by atoms with Crippen molar-refractivity contribution < 1.29 is 9.59 Å². The number of aromatic nitrogens is 2. The third-order valence-electron chi connectivity index (χ3n) is 2.83. The Kier molecular flexibility index (Phi) is 4.14. The zero-order chi connectivity index (χ0) is 14.5. The molecule has 0 spiro atoms. The number of carbonyl (C=O) groups is 2. The molecular weight excluding hydrogens is 256 g/mol. The van der Waals surface area contributed by atoms with Gasteiger partial charge in [-0.1, -0.05) is 18.2 Å². The molecule has 6 heteroatoms. The van der Waals surface area contributed by atoms with E-state index in [4.69, 9.17) is 5.73 Å². The molecule has 20 heavy (non-hydrogen) atoms. The highest BCUT2D eigenvalue weighted by molar-refractivity contribution is 5.87. The molecule has 0 aliphatic carbocycles. The first-order valence-corrected chi connectivity index (χ1v) is 6.24. The van der Waals surface area contributed by atoms with Crippen molar-refractivity contribution in [3.8, 4) is 5.69 Å². The molecule has 0 saturated carbocycles. The van der Waals surface area contributed by atoms with Crippen molar-refractivity contribution in [3.63, 3.8) is 0 Å². The van der Waals surface area contributed by atoms with Gasteiger partial charge in [0.15, 0.2) is 0 Å². The minimum atomic E-state index is -0.674. The fourth-order valence-electron chi connectivity index (χ4n) is 1.72. The first-order chi connectivity index (χ1) is 9.56. The zero-order valence-electron chi connectivity index (χ0n) is 11.1. The average Bonchev–Trinajstić information content (AvgIpc) is 2.88. The van der Waals surface area contributed by atoms with Crippen molar-refractivity contribution in [2.75, 3.05) is 0 Å². The van der Waals surface area contributed by atoms with Crippen LogP contribution in [0.4, 0.5) is 0 Å². The van der Waals surface area contributed by atoms with Gasteiger partial charge in [0.2, 0.25) is 11.8 Å². The summed E-state index contributed by atoms with van der Waals surface area (Å²) in [4.78, 5) is 22.6. The van der Waals surface area contributed by atoms with Gasteiger partial charge in [0.05, 0.1) is 18.3 Å². The van der Waals surface area contributed by atoms with Crippen LogP contribution in [0.3, 0.4) is 0 Å². The summed E-state index contributed by atoms with van der Waals surface area (Å²) >= 11 is 0. The molecule has 104 valence electrons. The lowest BCUT2D eigenvalue weighted by atomic mass is 10.2. The van der Waals surface area contributed by atoms with Gasteiger partial charge >= 0.3 is 0 Å². The van der Waals surface area contributed by atoms with Crippen LogP contribution >= 0.6 is 0 Å². The van der Waals surface area contributed by atoms with Crippen LogP contribution in [-0.4, -0.2) is 27.6 Å². The summed E-state index contributed by atoms with van der Waals surface area (Å²) < 4.78 is 1.69. The van der Waals surface area contributed by atoms with E-state index in [1.54, 1.807) is 24.0 Å². The van der Waals surface area contributed by atoms with E-state index in [0.29, 0.717) is 0 Å². The molecule has 0 aliphatic rings.